The van der Waals surface area contributed by atoms with Crippen LogP contribution in [0.1, 0.15) is 80.4 Å². The Morgan fingerprint density at radius 2 is 1.11 bits per heavy atom. The topological polar surface area (TPSA) is 0 Å². The van der Waals surface area contributed by atoms with Crippen LogP contribution in [0.3, 0.4) is 0 Å². The van der Waals surface area contributed by atoms with Crippen molar-refractivity contribution in [3.8, 4) is 0 Å². The van der Waals surface area contributed by atoms with Crippen molar-refractivity contribution in [1.29, 1.82) is 0 Å². The predicted octanol–water partition coefficient (Wildman–Crippen LogP) is 11.8. The number of benzene rings is 1. The van der Waals surface area contributed by atoms with Crippen molar-refractivity contribution in [2.24, 2.45) is 10.8 Å². The molecular weight excluding hydrogens is 432 g/mol. The lowest BCUT2D eigenvalue weighted by atomic mass is 9.88. The Morgan fingerprint density at radius 3 is 1.42 bits per heavy atom. The highest BCUT2D eigenvalue weighted by atomic mass is 14.3. The molecule has 0 heterocycles. The molecule has 2 rings (SSSR count). The van der Waals surface area contributed by atoms with E-state index in [1.54, 1.807) is 12.2 Å². The second-order valence-corrected chi connectivity index (χ2v) is 11.8. The molecule has 0 N–H and O–H groups in total. The van der Waals surface area contributed by atoms with Gasteiger partial charge in [0.15, 0.2) is 0 Å². The molecule has 1 aliphatic carbocycles. The zero-order valence-corrected chi connectivity index (χ0v) is 25.0. The highest BCUT2D eigenvalue weighted by Gasteiger charge is 2.26. The van der Waals surface area contributed by atoms with Crippen LogP contribution in [-0.4, -0.2) is 0 Å². The Hall–Kier alpha value is -3.12. The number of rotatable bonds is 6. The van der Waals surface area contributed by atoms with E-state index in [9.17, 15) is 0 Å². The van der Waals surface area contributed by atoms with E-state index >= 15 is 0 Å². The van der Waals surface area contributed by atoms with E-state index in [-0.39, 0.29) is 0 Å². The normalized spacial score (nSPS) is 13.8. The van der Waals surface area contributed by atoms with Crippen molar-refractivity contribution in [3.05, 3.63) is 134 Å². The van der Waals surface area contributed by atoms with Gasteiger partial charge in [-0.25, -0.2) is 0 Å². The molecule has 0 aliphatic heterocycles. The number of hydrogen-bond acceptors (Lipinski definition) is 0. The van der Waals surface area contributed by atoms with Crippen LogP contribution in [0.4, 0.5) is 0 Å². The average Bonchev–Trinajstić information content (AvgIpc) is 3.04. The minimum atomic E-state index is 0.500. The van der Waals surface area contributed by atoms with Gasteiger partial charge in [-0.05, 0) is 69.2 Å². The molecule has 0 saturated carbocycles. The third-order valence-corrected chi connectivity index (χ3v) is 3.94. The third kappa shape index (κ3) is 13.7. The van der Waals surface area contributed by atoms with Gasteiger partial charge in [-0.3, -0.25) is 0 Å². The second-order valence-electron chi connectivity index (χ2n) is 11.8. The van der Waals surface area contributed by atoms with E-state index in [0.29, 0.717) is 10.8 Å². The SMILES string of the molecule is C=C/C=C(C=C)/C(C(=C)C)=C1\C(C=C)=C(C=C)c2ccccc21.C=CC.CC(C)(C)C.CC(C)(C)C. The zero-order valence-electron chi connectivity index (χ0n) is 25.0. The lowest BCUT2D eigenvalue weighted by molar-refractivity contribution is 0.469. The molecule has 1 aliphatic rings. The molecule has 0 aromatic heterocycles. The summed E-state index contributed by atoms with van der Waals surface area (Å²) in [5.41, 5.74) is 9.71. The molecule has 0 fully saturated rings. The molecule has 0 atom stereocenters. The Bertz CT molecular complexity index is 991. The van der Waals surface area contributed by atoms with E-state index in [1.807, 2.05) is 50.3 Å². The van der Waals surface area contributed by atoms with Gasteiger partial charge in [-0.15, -0.1) is 6.58 Å². The van der Waals surface area contributed by atoms with Crippen LogP contribution in [0.5, 0.6) is 0 Å². The van der Waals surface area contributed by atoms with Crippen LogP contribution in [0, 0.1) is 10.8 Å². The maximum Gasteiger partial charge on any atom is -0.00181 e. The maximum absolute atomic E-state index is 4.18. The summed E-state index contributed by atoms with van der Waals surface area (Å²) >= 11 is 0. The minimum absolute atomic E-state index is 0.500. The highest BCUT2D eigenvalue weighted by molar-refractivity contribution is 6.07. The maximum atomic E-state index is 4.18. The fourth-order valence-electron chi connectivity index (χ4n) is 3.05. The minimum Gasteiger partial charge on any atom is -0.103 e. The Labute approximate surface area is 224 Å². The van der Waals surface area contributed by atoms with E-state index in [2.05, 4.69) is 107 Å². The Balaban J connectivity index is 0. The first-order chi connectivity index (χ1) is 16.5. The molecule has 1 aromatic rings. The number of allylic oxidation sites excluding steroid dienone is 12. The second kappa shape index (κ2) is 16.5. The van der Waals surface area contributed by atoms with Crippen molar-refractivity contribution in [1.82, 2.24) is 0 Å². The van der Waals surface area contributed by atoms with Gasteiger partial charge in [-0.1, -0.05) is 149 Å². The van der Waals surface area contributed by atoms with Crippen LogP contribution >= 0.6 is 0 Å². The molecular formula is C36H52. The third-order valence-electron chi connectivity index (χ3n) is 3.94. The van der Waals surface area contributed by atoms with Crippen LogP contribution in [0.2, 0.25) is 0 Å². The number of fused-ring (bicyclic) bond motifs is 1. The van der Waals surface area contributed by atoms with Crippen molar-refractivity contribution in [2.75, 3.05) is 0 Å². The summed E-state index contributed by atoms with van der Waals surface area (Å²) < 4.78 is 0. The summed E-state index contributed by atoms with van der Waals surface area (Å²) in [5, 5.41) is 0. The molecule has 0 heteroatoms. The molecule has 0 nitrogen and oxygen atoms in total. The van der Waals surface area contributed by atoms with Crippen LogP contribution < -0.4 is 0 Å². The first kappa shape index (κ1) is 35.0. The first-order valence-electron chi connectivity index (χ1n) is 12.5. The summed E-state index contributed by atoms with van der Waals surface area (Å²) in [6, 6.07) is 8.33. The van der Waals surface area contributed by atoms with Crippen molar-refractivity contribution in [2.45, 2.75) is 69.2 Å². The standard InChI is InChI=1S/C23H22.2C5H12.C3H6/c1-7-13-17(8-2)22(16(5)6)23-19(10-4)18(9-3)20-14-11-12-15-21(20)23;2*1-5(2,3)4;1-3-2/h7-15H,1-5H2,6H3;2*1-4H3;3H,1H2,2H3/b17-13+,23-22+;;;. The molecule has 1 aromatic carbocycles. The van der Waals surface area contributed by atoms with Crippen molar-refractivity contribution >= 4 is 11.1 Å². The summed E-state index contributed by atoms with van der Waals surface area (Å²) in [5.74, 6) is 0. The fourth-order valence-corrected chi connectivity index (χ4v) is 3.05. The van der Waals surface area contributed by atoms with Gasteiger partial charge in [-0.2, -0.15) is 0 Å². The monoisotopic (exact) mass is 484 g/mol. The highest BCUT2D eigenvalue weighted by Crippen LogP contribution is 2.46. The number of hydrogen-bond donors (Lipinski definition) is 0. The fraction of sp³-hybridized carbons (Fsp3) is 0.333. The van der Waals surface area contributed by atoms with Crippen molar-refractivity contribution < 1.29 is 0 Å². The average molecular weight is 485 g/mol. The largest absolute Gasteiger partial charge is 0.103 e. The van der Waals surface area contributed by atoms with E-state index < -0.39 is 0 Å². The molecule has 0 saturated heterocycles. The summed E-state index contributed by atoms with van der Waals surface area (Å²) in [6.07, 6.45) is 11.1. The first-order valence-corrected chi connectivity index (χ1v) is 12.5. The molecule has 0 spiro atoms. The van der Waals surface area contributed by atoms with Crippen LogP contribution in [0.25, 0.3) is 11.1 Å². The Kier molecular flexibility index (Phi) is 16.1. The molecule has 0 radical (unpaired) electrons. The van der Waals surface area contributed by atoms with Gasteiger partial charge < -0.3 is 0 Å². The van der Waals surface area contributed by atoms with Gasteiger partial charge in [0.25, 0.3) is 0 Å². The van der Waals surface area contributed by atoms with E-state index in [1.165, 1.54) is 11.1 Å². The van der Waals surface area contributed by atoms with E-state index in [0.717, 1.165) is 33.4 Å². The van der Waals surface area contributed by atoms with E-state index in [4.69, 9.17) is 0 Å². The smallest absolute Gasteiger partial charge is 0.00181 e. The van der Waals surface area contributed by atoms with Gasteiger partial charge in [0.05, 0.1) is 0 Å². The predicted molar refractivity (Wildman–Crippen MR) is 170 cm³/mol. The van der Waals surface area contributed by atoms with Crippen LogP contribution in [0.15, 0.2) is 122 Å². The summed E-state index contributed by atoms with van der Waals surface area (Å²) in [6.45, 7) is 44.7. The van der Waals surface area contributed by atoms with Gasteiger partial charge in [0.1, 0.15) is 0 Å². The quantitative estimate of drug-likeness (QED) is 0.278. The van der Waals surface area contributed by atoms with Crippen LogP contribution in [-0.2, 0) is 0 Å². The summed E-state index contributed by atoms with van der Waals surface area (Å²) in [4.78, 5) is 0. The molecule has 0 bridgehead atoms. The Morgan fingerprint density at radius 1 is 0.722 bits per heavy atom. The molecule has 196 valence electrons. The lowest BCUT2D eigenvalue weighted by Crippen LogP contribution is -1.96. The van der Waals surface area contributed by atoms with Gasteiger partial charge in [0, 0.05) is 0 Å². The molecule has 36 heavy (non-hydrogen) atoms. The van der Waals surface area contributed by atoms with Crippen molar-refractivity contribution in [3.63, 3.8) is 0 Å². The summed E-state index contributed by atoms with van der Waals surface area (Å²) in [7, 11) is 0. The van der Waals surface area contributed by atoms with Gasteiger partial charge in [0.2, 0.25) is 0 Å². The molecule has 0 amide bonds. The van der Waals surface area contributed by atoms with Gasteiger partial charge >= 0.3 is 0 Å². The lowest BCUT2D eigenvalue weighted by Gasteiger charge is -2.15. The molecule has 0 unspecified atom stereocenters. The zero-order chi connectivity index (χ0) is 28.7.